The Morgan fingerprint density at radius 1 is 1.15 bits per heavy atom. The second kappa shape index (κ2) is 9.14. The molecule has 2 amide bonds. The molecule has 0 aliphatic carbocycles. The summed E-state index contributed by atoms with van der Waals surface area (Å²) in [5.41, 5.74) is 1.36. The van der Waals surface area contributed by atoms with Gasteiger partial charge in [0.25, 0.3) is 5.91 Å². The SMILES string of the molecule is O=C(NCc1ccccn1)c1ccc(OC2CCN(C(=O)CO)CC2)cc1. The van der Waals surface area contributed by atoms with Crippen LogP contribution < -0.4 is 10.1 Å². The highest BCUT2D eigenvalue weighted by atomic mass is 16.5. The Morgan fingerprint density at radius 2 is 1.89 bits per heavy atom. The van der Waals surface area contributed by atoms with E-state index in [0.29, 0.717) is 30.9 Å². The van der Waals surface area contributed by atoms with E-state index >= 15 is 0 Å². The van der Waals surface area contributed by atoms with Crippen LogP contribution in [0, 0.1) is 0 Å². The predicted octanol–water partition coefficient (Wildman–Crippen LogP) is 1.37. The molecule has 0 spiro atoms. The largest absolute Gasteiger partial charge is 0.490 e. The molecule has 1 aliphatic rings. The van der Waals surface area contributed by atoms with Gasteiger partial charge in [0.15, 0.2) is 0 Å². The third-order valence-electron chi connectivity index (χ3n) is 4.51. The van der Waals surface area contributed by atoms with E-state index in [-0.39, 0.29) is 17.9 Å². The van der Waals surface area contributed by atoms with E-state index in [1.165, 1.54) is 0 Å². The third kappa shape index (κ3) is 5.27. The summed E-state index contributed by atoms with van der Waals surface area (Å²) in [5, 5.41) is 11.7. The van der Waals surface area contributed by atoms with Crippen molar-refractivity contribution in [3.8, 4) is 5.75 Å². The number of nitrogens with zero attached hydrogens (tertiary/aromatic N) is 2. The number of pyridine rings is 1. The molecule has 7 nitrogen and oxygen atoms in total. The van der Waals surface area contributed by atoms with Crippen LogP contribution in [0.4, 0.5) is 0 Å². The minimum Gasteiger partial charge on any atom is -0.490 e. The molecule has 1 saturated heterocycles. The average Bonchev–Trinajstić information content (AvgIpc) is 2.73. The van der Waals surface area contributed by atoms with Crippen molar-refractivity contribution in [2.24, 2.45) is 0 Å². The third-order valence-corrected chi connectivity index (χ3v) is 4.51. The van der Waals surface area contributed by atoms with Crippen molar-refractivity contribution >= 4 is 11.8 Å². The molecule has 1 aromatic carbocycles. The lowest BCUT2D eigenvalue weighted by atomic mass is 10.1. The second-order valence-corrected chi connectivity index (χ2v) is 6.38. The fourth-order valence-corrected chi connectivity index (χ4v) is 2.98. The van der Waals surface area contributed by atoms with Gasteiger partial charge in [0.2, 0.25) is 5.91 Å². The summed E-state index contributed by atoms with van der Waals surface area (Å²) in [7, 11) is 0. The topological polar surface area (TPSA) is 91.8 Å². The molecule has 1 fully saturated rings. The number of aromatic nitrogens is 1. The minimum absolute atomic E-state index is 0.0246. The zero-order valence-electron chi connectivity index (χ0n) is 15.0. The van der Waals surface area contributed by atoms with Crippen LogP contribution in [0.3, 0.4) is 0 Å². The molecule has 2 heterocycles. The van der Waals surface area contributed by atoms with Gasteiger partial charge in [0, 0.05) is 37.7 Å². The van der Waals surface area contributed by atoms with Crippen LogP contribution in [-0.4, -0.2) is 52.6 Å². The number of piperidine rings is 1. The molecule has 0 radical (unpaired) electrons. The maximum absolute atomic E-state index is 12.2. The van der Waals surface area contributed by atoms with Crippen molar-refractivity contribution in [3.63, 3.8) is 0 Å². The molecule has 0 atom stereocenters. The normalized spacial score (nSPS) is 14.6. The Kier molecular flexibility index (Phi) is 6.38. The number of hydrogen-bond acceptors (Lipinski definition) is 5. The van der Waals surface area contributed by atoms with Crippen LogP contribution >= 0.6 is 0 Å². The molecule has 7 heteroatoms. The number of likely N-dealkylation sites (tertiary alicyclic amines) is 1. The van der Waals surface area contributed by atoms with Gasteiger partial charge in [0.1, 0.15) is 18.5 Å². The van der Waals surface area contributed by atoms with E-state index in [9.17, 15) is 9.59 Å². The van der Waals surface area contributed by atoms with Gasteiger partial charge in [-0.3, -0.25) is 14.6 Å². The first-order valence-electron chi connectivity index (χ1n) is 8.99. The lowest BCUT2D eigenvalue weighted by Crippen LogP contribution is -2.42. The van der Waals surface area contributed by atoms with E-state index in [1.807, 2.05) is 18.2 Å². The Labute approximate surface area is 158 Å². The van der Waals surface area contributed by atoms with E-state index in [2.05, 4.69) is 10.3 Å². The molecule has 1 aliphatic heterocycles. The lowest BCUT2D eigenvalue weighted by Gasteiger charge is -2.31. The zero-order valence-corrected chi connectivity index (χ0v) is 15.0. The molecule has 0 unspecified atom stereocenters. The van der Waals surface area contributed by atoms with Gasteiger partial charge in [0.05, 0.1) is 12.2 Å². The molecule has 142 valence electrons. The molecule has 27 heavy (non-hydrogen) atoms. The van der Waals surface area contributed by atoms with E-state index < -0.39 is 6.61 Å². The van der Waals surface area contributed by atoms with Crippen molar-refractivity contribution < 1.29 is 19.4 Å². The van der Waals surface area contributed by atoms with Crippen molar-refractivity contribution in [1.82, 2.24) is 15.2 Å². The van der Waals surface area contributed by atoms with Crippen LogP contribution in [0.25, 0.3) is 0 Å². The molecular formula is C20H23N3O4. The number of benzene rings is 1. The number of amides is 2. The predicted molar refractivity (Wildman–Crippen MR) is 99.2 cm³/mol. The van der Waals surface area contributed by atoms with Gasteiger partial charge in [-0.25, -0.2) is 0 Å². The van der Waals surface area contributed by atoms with Crippen LogP contribution in [0.1, 0.15) is 28.9 Å². The van der Waals surface area contributed by atoms with E-state index in [1.54, 1.807) is 35.4 Å². The fraction of sp³-hybridized carbons (Fsp3) is 0.350. The first-order chi connectivity index (χ1) is 13.2. The van der Waals surface area contributed by atoms with Crippen LogP contribution in [-0.2, 0) is 11.3 Å². The van der Waals surface area contributed by atoms with Gasteiger partial charge in [-0.2, -0.15) is 0 Å². The number of nitrogens with one attached hydrogen (secondary N) is 1. The minimum atomic E-state index is -0.449. The Bertz CT molecular complexity index is 757. The number of aliphatic hydroxyl groups is 1. The van der Waals surface area contributed by atoms with Crippen molar-refractivity contribution in [3.05, 3.63) is 59.9 Å². The molecule has 1 aromatic heterocycles. The number of rotatable bonds is 6. The van der Waals surface area contributed by atoms with Gasteiger partial charge in [-0.05, 0) is 36.4 Å². The maximum atomic E-state index is 12.2. The summed E-state index contributed by atoms with van der Waals surface area (Å²) < 4.78 is 5.94. The lowest BCUT2D eigenvalue weighted by molar-refractivity contribution is -0.135. The number of aliphatic hydroxyl groups excluding tert-OH is 1. The summed E-state index contributed by atoms with van der Waals surface area (Å²) >= 11 is 0. The average molecular weight is 369 g/mol. The number of carbonyl (C=O) groups is 2. The van der Waals surface area contributed by atoms with Crippen LogP contribution in [0.15, 0.2) is 48.7 Å². The van der Waals surface area contributed by atoms with Gasteiger partial charge in [-0.15, -0.1) is 0 Å². The van der Waals surface area contributed by atoms with E-state index in [0.717, 1.165) is 18.5 Å². The first kappa shape index (κ1) is 18.8. The molecule has 2 N–H and O–H groups in total. The van der Waals surface area contributed by atoms with Crippen molar-refractivity contribution in [2.75, 3.05) is 19.7 Å². The summed E-state index contributed by atoms with van der Waals surface area (Å²) in [6.45, 7) is 1.09. The monoisotopic (exact) mass is 369 g/mol. The van der Waals surface area contributed by atoms with Gasteiger partial charge in [-0.1, -0.05) is 6.07 Å². The molecular weight excluding hydrogens is 346 g/mol. The highest BCUT2D eigenvalue weighted by molar-refractivity contribution is 5.94. The highest BCUT2D eigenvalue weighted by Crippen LogP contribution is 2.19. The maximum Gasteiger partial charge on any atom is 0.251 e. The number of carbonyl (C=O) groups excluding carboxylic acids is 2. The number of ether oxygens (including phenoxy) is 1. The molecule has 0 saturated carbocycles. The standard InChI is InChI=1S/C20H23N3O4/c24-14-19(25)23-11-8-18(9-12-23)27-17-6-4-15(5-7-17)20(26)22-13-16-3-1-2-10-21-16/h1-7,10,18,24H,8-9,11-14H2,(H,22,26). The molecule has 0 bridgehead atoms. The zero-order chi connectivity index (χ0) is 19.1. The number of hydrogen-bond donors (Lipinski definition) is 2. The Morgan fingerprint density at radius 3 is 2.52 bits per heavy atom. The van der Waals surface area contributed by atoms with Crippen molar-refractivity contribution in [2.45, 2.75) is 25.5 Å². The quantitative estimate of drug-likeness (QED) is 0.803. The molecule has 2 aromatic rings. The first-order valence-corrected chi connectivity index (χ1v) is 8.99. The Hall–Kier alpha value is -2.93. The van der Waals surface area contributed by atoms with Gasteiger partial charge >= 0.3 is 0 Å². The summed E-state index contributed by atoms with van der Waals surface area (Å²) in [4.78, 5) is 29.5. The Balaban J connectivity index is 1.47. The molecule has 3 rings (SSSR count). The van der Waals surface area contributed by atoms with E-state index in [4.69, 9.17) is 9.84 Å². The highest BCUT2D eigenvalue weighted by Gasteiger charge is 2.23. The van der Waals surface area contributed by atoms with Crippen LogP contribution in [0.5, 0.6) is 5.75 Å². The van der Waals surface area contributed by atoms with Gasteiger partial charge < -0.3 is 20.1 Å². The summed E-state index contributed by atoms with van der Waals surface area (Å²) in [6, 6.07) is 12.6. The van der Waals surface area contributed by atoms with Crippen molar-refractivity contribution in [1.29, 1.82) is 0 Å². The second-order valence-electron chi connectivity index (χ2n) is 6.38. The smallest absolute Gasteiger partial charge is 0.251 e. The fourth-order valence-electron chi connectivity index (χ4n) is 2.98. The summed E-state index contributed by atoms with van der Waals surface area (Å²) in [5.74, 6) is 0.292. The van der Waals surface area contributed by atoms with Crippen LogP contribution in [0.2, 0.25) is 0 Å². The summed E-state index contributed by atoms with van der Waals surface area (Å²) in [6.07, 6.45) is 3.16.